The van der Waals surface area contributed by atoms with E-state index in [0.717, 1.165) is 23.2 Å². The van der Waals surface area contributed by atoms with Crippen molar-refractivity contribution in [3.8, 4) is 0 Å². The highest BCUT2D eigenvalue weighted by atomic mass is 16.2. The van der Waals surface area contributed by atoms with Crippen LogP contribution in [0, 0.1) is 13.8 Å². The van der Waals surface area contributed by atoms with Gasteiger partial charge in [-0.25, -0.2) is 0 Å². The number of carbonyl (C=O) groups is 2. The summed E-state index contributed by atoms with van der Waals surface area (Å²) in [5.41, 5.74) is 3.47. The Morgan fingerprint density at radius 2 is 1.88 bits per heavy atom. The van der Waals surface area contributed by atoms with E-state index in [-0.39, 0.29) is 11.8 Å². The van der Waals surface area contributed by atoms with E-state index in [9.17, 15) is 9.59 Å². The van der Waals surface area contributed by atoms with Gasteiger partial charge in [0.05, 0.1) is 0 Å². The molecule has 0 unspecified atom stereocenters. The van der Waals surface area contributed by atoms with Gasteiger partial charge in [-0.3, -0.25) is 9.59 Å². The number of anilines is 1. The molecule has 2 amide bonds. The van der Waals surface area contributed by atoms with Gasteiger partial charge in [-0.15, -0.1) is 0 Å². The first kappa shape index (κ1) is 16.2. The number of nitrogens with one attached hydrogen (secondary N) is 1. The van der Waals surface area contributed by atoms with Crippen LogP contribution in [-0.4, -0.2) is 29.3 Å². The summed E-state index contributed by atoms with van der Waals surface area (Å²) in [6.45, 7) is 4.53. The lowest BCUT2D eigenvalue weighted by molar-refractivity contribution is -0.119. The molecule has 1 fully saturated rings. The third-order valence-corrected chi connectivity index (χ3v) is 4.48. The predicted molar refractivity (Wildman–Crippen MR) is 95.0 cm³/mol. The SMILES string of the molecule is Cc1cccc(NC(=O)[C@H]2CCCN2C(=O)c2ccccc2C)c1. The van der Waals surface area contributed by atoms with Gasteiger partial charge in [0, 0.05) is 17.8 Å². The Labute approximate surface area is 142 Å². The largest absolute Gasteiger partial charge is 0.327 e. The van der Waals surface area contributed by atoms with Crippen LogP contribution in [0.3, 0.4) is 0 Å². The number of hydrogen-bond donors (Lipinski definition) is 1. The Morgan fingerprint density at radius 1 is 1.08 bits per heavy atom. The third-order valence-electron chi connectivity index (χ3n) is 4.48. The zero-order valence-electron chi connectivity index (χ0n) is 14.1. The van der Waals surface area contributed by atoms with Crippen LogP contribution >= 0.6 is 0 Å². The van der Waals surface area contributed by atoms with Crippen molar-refractivity contribution < 1.29 is 9.59 Å². The highest BCUT2D eigenvalue weighted by Crippen LogP contribution is 2.23. The molecule has 0 radical (unpaired) electrons. The Kier molecular flexibility index (Phi) is 4.65. The molecule has 0 saturated carbocycles. The van der Waals surface area contributed by atoms with Crippen LogP contribution in [0.4, 0.5) is 5.69 Å². The van der Waals surface area contributed by atoms with Crippen molar-refractivity contribution in [2.75, 3.05) is 11.9 Å². The van der Waals surface area contributed by atoms with Crippen LogP contribution in [0.15, 0.2) is 48.5 Å². The molecule has 4 heteroatoms. The summed E-state index contributed by atoms with van der Waals surface area (Å²) in [6, 6.07) is 14.8. The summed E-state index contributed by atoms with van der Waals surface area (Å²) in [4.78, 5) is 27.2. The minimum Gasteiger partial charge on any atom is -0.327 e. The van der Waals surface area contributed by atoms with Gasteiger partial charge in [-0.1, -0.05) is 30.3 Å². The Bertz CT molecular complexity index is 770. The molecule has 1 N–H and O–H groups in total. The molecule has 0 aromatic heterocycles. The number of benzene rings is 2. The number of rotatable bonds is 3. The second-order valence-electron chi connectivity index (χ2n) is 6.33. The second-order valence-corrected chi connectivity index (χ2v) is 6.33. The molecule has 4 nitrogen and oxygen atoms in total. The van der Waals surface area contributed by atoms with Gasteiger partial charge >= 0.3 is 0 Å². The molecule has 0 spiro atoms. The van der Waals surface area contributed by atoms with Gasteiger partial charge < -0.3 is 10.2 Å². The minimum absolute atomic E-state index is 0.0602. The second kappa shape index (κ2) is 6.87. The van der Waals surface area contributed by atoms with Gasteiger partial charge in [0.15, 0.2) is 0 Å². The maximum Gasteiger partial charge on any atom is 0.254 e. The molecule has 2 aromatic rings. The first-order valence-electron chi connectivity index (χ1n) is 8.30. The molecular formula is C20H22N2O2. The molecule has 124 valence electrons. The first-order valence-corrected chi connectivity index (χ1v) is 8.30. The monoisotopic (exact) mass is 322 g/mol. The summed E-state index contributed by atoms with van der Waals surface area (Å²) >= 11 is 0. The molecule has 1 atom stereocenters. The number of aryl methyl sites for hydroxylation is 2. The molecule has 0 aliphatic carbocycles. The maximum atomic E-state index is 12.8. The topological polar surface area (TPSA) is 49.4 Å². The van der Waals surface area contributed by atoms with E-state index in [1.165, 1.54) is 0 Å². The van der Waals surface area contributed by atoms with Crippen molar-refractivity contribution in [3.63, 3.8) is 0 Å². The van der Waals surface area contributed by atoms with Gasteiger partial charge in [-0.2, -0.15) is 0 Å². The lowest BCUT2D eigenvalue weighted by Crippen LogP contribution is -2.43. The summed E-state index contributed by atoms with van der Waals surface area (Å²) in [7, 11) is 0. The summed E-state index contributed by atoms with van der Waals surface area (Å²) in [5, 5.41) is 2.94. The van der Waals surface area contributed by atoms with Crippen LogP contribution in [0.2, 0.25) is 0 Å². The fourth-order valence-corrected chi connectivity index (χ4v) is 3.20. The first-order chi connectivity index (χ1) is 11.6. The van der Waals surface area contributed by atoms with Gasteiger partial charge in [0.25, 0.3) is 5.91 Å². The average molecular weight is 322 g/mol. The van der Waals surface area contributed by atoms with Gasteiger partial charge in [-0.05, 0) is 56.0 Å². The Morgan fingerprint density at radius 3 is 2.62 bits per heavy atom. The van der Waals surface area contributed by atoms with Crippen molar-refractivity contribution >= 4 is 17.5 Å². The molecule has 2 aromatic carbocycles. The molecule has 1 heterocycles. The molecule has 0 bridgehead atoms. The zero-order valence-corrected chi connectivity index (χ0v) is 14.1. The van der Waals surface area contributed by atoms with Crippen molar-refractivity contribution in [2.24, 2.45) is 0 Å². The fourth-order valence-electron chi connectivity index (χ4n) is 3.20. The quantitative estimate of drug-likeness (QED) is 0.939. The lowest BCUT2D eigenvalue weighted by Gasteiger charge is -2.24. The van der Waals surface area contributed by atoms with E-state index in [1.807, 2.05) is 62.4 Å². The maximum absolute atomic E-state index is 12.8. The highest BCUT2D eigenvalue weighted by Gasteiger charge is 2.34. The molecule has 1 aliphatic rings. The fraction of sp³-hybridized carbons (Fsp3) is 0.300. The van der Waals surface area contributed by atoms with E-state index in [4.69, 9.17) is 0 Å². The van der Waals surface area contributed by atoms with Crippen LogP contribution in [-0.2, 0) is 4.79 Å². The Hall–Kier alpha value is -2.62. The molecule has 1 aliphatic heterocycles. The van der Waals surface area contributed by atoms with E-state index in [2.05, 4.69) is 5.32 Å². The van der Waals surface area contributed by atoms with Crippen molar-refractivity contribution in [2.45, 2.75) is 32.7 Å². The van der Waals surface area contributed by atoms with Gasteiger partial charge in [0.1, 0.15) is 6.04 Å². The third kappa shape index (κ3) is 3.32. The number of likely N-dealkylation sites (tertiary alicyclic amines) is 1. The number of carbonyl (C=O) groups excluding carboxylic acids is 2. The normalized spacial score (nSPS) is 16.9. The van der Waals surface area contributed by atoms with Crippen LogP contribution in [0.25, 0.3) is 0 Å². The summed E-state index contributed by atoms with van der Waals surface area (Å²) in [6.07, 6.45) is 1.55. The van der Waals surface area contributed by atoms with E-state index in [0.29, 0.717) is 18.5 Å². The van der Waals surface area contributed by atoms with Crippen molar-refractivity contribution in [3.05, 3.63) is 65.2 Å². The van der Waals surface area contributed by atoms with E-state index in [1.54, 1.807) is 4.90 Å². The van der Waals surface area contributed by atoms with Crippen molar-refractivity contribution in [1.29, 1.82) is 0 Å². The lowest BCUT2D eigenvalue weighted by atomic mass is 10.1. The summed E-state index contributed by atoms with van der Waals surface area (Å²) < 4.78 is 0. The van der Waals surface area contributed by atoms with Crippen LogP contribution < -0.4 is 5.32 Å². The molecular weight excluding hydrogens is 300 g/mol. The van der Waals surface area contributed by atoms with E-state index >= 15 is 0 Å². The van der Waals surface area contributed by atoms with E-state index < -0.39 is 6.04 Å². The average Bonchev–Trinajstić information content (AvgIpc) is 3.04. The smallest absolute Gasteiger partial charge is 0.254 e. The number of amides is 2. The minimum atomic E-state index is -0.405. The van der Waals surface area contributed by atoms with Crippen LogP contribution in [0.5, 0.6) is 0 Å². The molecule has 3 rings (SSSR count). The van der Waals surface area contributed by atoms with Crippen LogP contribution in [0.1, 0.15) is 34.3 Å². The number of nitrogens with zero attached hydrogens (tertiary/aromatic N) is 1. The van der Waals surface area contributed by atoms with Gasteiger partial charge in [0.2, 0.25) is 5.91 Å². The Balaban J connectivity index is 1.76. The number of hydrogen-bond acceptors (Lipinski definition) is 2. The standard InChI is InChI=1S/C20H22N2O2/c1-14-7-5-9-16(13-14)21-19(23)18-11-6-12-22(18)20(24)17-10-4-3-8-15(17)2/h3-5,7-10,13,18H,6,11-12H2,1-2H3,(H,21,23)/t18-/m1/s1. The predicted octanol–water partition coefficient (Wildman–Crippen LogP) is 3.55. The summed E-state index contributed by atoms with van der Waals surface area (Å²) in [5.74, 6) is -0.171. The molecule has 24 heavy (non-hydrogen) atoms. The van der Waals surface area contributed by atoms with Crippen molar-refractivity contribution in [1.82, 2.24) is 4.90 Å². The highest BCUT2D eigenvalue weighted by molar-refractivity contribution is 6.02. The molecule has 1 saturated heterocycles. The zero-order chi connectivity index (χ0) is 17.1.